The molecule has 3 aromatic carbocycles. The van der Waals surface area contributed by atoms with Gasteiger partial charge in [0.2, 0.25) is 11.7 Å². The highest BCUT2D eigenvalue weighted by molar-refractivity contribution is 6.05. The Morgan fingerprint density at radius 1 is 0.839 bits per heavy atom. The van der Waals surface area contributed by atoms with Gasteiger partial charge in [-0.15, -0.1) is 0 Å². The van der Waals surface area contributed by atoms with Crippen LogP contribution in [0.3, 0.4) is 0 Å². The second-order valence-corrected chi connectivity index (χ2v) is 6.90. The molecule has 1 heterocycles. The average molecular weight is 432 g/mol. The Bertz CT molecular complexity index is 1340. The van der Waals surface area contributed by atoms with E-state index in [9.17, 15) is 26.7 Å². The highest BCUT2D eigenvalue weighted by atomic mass is 19.2. The maximum atomic E-state index is 13.9. The minimum absolute atomic E-state index is 0.0291. The number of anilines is 1. The van der Waals surface area contributed by atoms with E-state index >= 15 is 0 Å². The van der Waals surface area contributed by atoms with Crippen LogP contribution in [0.5, 0.6) is 0 Å². The number of rotatable bonds is 3. The Kier molecular flexibility index (Phi) is 4.96. The van der Waals surface area contributed by atoms with Gasteiger partial charge in [-0.25, -0.2) is 26.9 Å². The average Bonchev–Trinajstić information content (AvgIpc) is 3.16. The van der Waals surface area contributed by atoms with Gasteiger partial charge in [0.25, 0.3) is 5.91 Å². The number of fused-ring (bicyclic) bond motifs is 1. The third-order valence-electron chi connectivity index (χ3n) is 4.84. The summed E-state index contributed by atoms with van der Waals surface area (Å²) in [6, 6.07) is 9.80. The summed E-state index contributed by atoms with van der Waals surface area (Å²) in [5.41, 5.74) is 2.01. The van der Waals surface area contributed by atoms with Crippen molar-refractivity contribution < 1.29 is 31.2 Å². The molecule has 1 N–H and O–H groups in total. The second kappa shape index (κ2) is 7.50. The number of nitrogens with zero attached hydrogens (tertiary/aromatic N) is 1. The molecule has 0 aliphatic heterocycles. The first-order chi connectivity index (χ1) is 14.7. The number of oxazole rings is 1. The number of benzene rings is 3. The van der Waals surface area contributed by atoms with Gasteiger partial charge in [-0.2, -0.15) is 0 Å². The zero-order chi connectivity index (χ0) is 22.4. The van der Waals surface area contributed by atoms with Gasteiger partial charge < -0.3 is 9.73 Å². The van der Waals surface area contributed by atoms with E-state index in [0.29, 0.717) is 17.0 Å². The molecule has 4 aromatic rings. The van der Waals surface area contributed by atoms with Crippen LogP contribution in [-0.4, -0.2) is 10.9 Å². The Morgan fingerprint density at radius 3 is 2.13 bits per heavy atom. The van der Waals surface area contributed by atoms with E-state index in [4.69, 9.17) is 4.42 Å². The smallest absolute Gasteiger partial charge is 0.261 e. The summed E-state index contributed by atoms with van der Waals surface area (Å²) >= 11 is 0. The van der Waals surface area contributed by atoms with Crippen molar-refractivity contribution in [3.05, 3.63) is 82.2 Å². The molecule has 0 radical (unpaired) electrons. The molecule has 0 spiro atoms. The quantitative estimate of drug-likeness (QED) is 0.243. The van der Waals surface area contributed by atoms with Crippen LogP contribution in [0.15, 0.2) is 40.8 Å². The number of aromatic nitrogens is 1. The van der Waals surface area contributed by atoms with Crippen molar-refractivity contribution in [1.82, 2.24) is 4.98 Å². The van der Waals surface area contributed by atoms with E-state index < -0.39 is 40.6 Å². The van der Waals surface area contributed by atoms with Gasteiger partial charge in [0.05, 0.1) is 0 Å². The number of amides is 1. The lowest BCUT2D eigenvalue weighted by atomic mass is 10.1. The topological polar surface area (TPSA) is 55.1 Å². The Hall–Kier alpha value is -3.75. The molecule has 0 unspecified atom stereocenters. The van der Waals surface area contributed by atoms with Crippen molar-refractivity contribution >= 4 is 22.7 Å². The number of hydrogen-bond acceptors (Lipinski definition) is 3. The van der Waals surface area contributed by atoms with E-state index in [1.54, 1.807) is 0 Å². The van der Waals surface area contributed by atoms with E-state index in [2.05, 4.69) is 10.3 Å². The van der Waals surface area contributed by atoms with Crippen molar-refractivity contribution in [2.75, 3.05) is 5.32 Å². The molecule has 0 atom stereocenters. The van der Waals surface area contributed by atoms with Gasteiger partial charge in [0, 0.05) is 11.3 Å². The van der Waals surface area contributed by atoms with Crippen LogP contribution in [0.25, 0.3) is 22.6 Å². The summed E-state index contributed by atoms with van der Waals surface area (Å²) in [6.45, 7) is 3.90. The number of carbonyl (C=O) groups is 1. The van der Waals surface area contributed by atoms with E-state index in [1.165, 1.54) is 18.2 Å². The highest BCUT2D eigenvalue weighted by Gasteiger charge is 2.29. The summed E-state index contributed by atoms with van der Waals surface area (Å²) in [5.74, 6) is -12.3. The van der Waals surface area contributed by atoms with Gasteiger partial charge >= 0.3 is 0 Å². The monoisotopic (exact) mass is 432 g/mol. The highest BCUT2D eigenvalue weighted by Crippen LogP contribution is 2.28. The Balaban J connectivity index is 1.67. The summed E-state index contributed by atoms with van der Waals surface area (Å²) < 4.78 is 73.3. The van der Waals surface area contributed by atoms with Gasteiger partial charge in [0.1, 0.15) is 11.1 Å². The van der Waals surface area contributed by atoms with Crippen LogP contribution < -0.4 is 5.32 Å². The SMILES string of the molecule is Cc1ccc(-c2nc3cc(NC(=O)c4c(F)c(F)c(F)c(F)c4F)ccc3o2)cc1C. The summed E-state index contributed by atoms with van der Waals surface area (Å²) in [7, 11) is 0. The largest absolute Gasteiger partial charge is 0.436 e. The molecule has 4 nitrogen and oxygen atoms in total. The van der Waals surface area contributed by atoms with Crippen molar-refractivity contribution in [1.29, 1.82) is 0 Å². The number of hydrogen-bond donors (Lipinski definition) is 1. The molecule has 158 valence electrons. The van der Waals surface area contributed by atoms with Crippen molar-refractivity contribution in [3.63, 3.8) is 0 Å². The molecule has 0 bridgehead atoms. The van der Waals surface area contributed by atoms with Crippen LogP contribution in [0.1, 0.15) is 21.5 Å². The second-order valence-electron chi connectivity index (χ2n) is 6.90. The summed E-state index contributed by atoms with van der Waals surface area (Å²) in [4.78, 5) is 16.5. The lowest BCUT2D eigenvalue weighted by Crippen LogP contribution is -2.19. The van der Waals surface area contributed by atoms with Crippen molar-refractivity contribution in [3.8, 4) is 11.5 Å². The fourth-order valence-corrected chi connectivity index (χ4v) is 3.00. The maximum absolute atomic E-state index is 13.9. The Labute approximate surface area is 172 Å². The maximum Gasteiger partial charge on any atom is 0.261 e. The minimum atomic E-state index is -2.34. The molecule has 1 aromatic heterocycles. The van der Waals surface area contributed by atoms with Crippen LogP contribution >= 0.6 is 0 Å². The molecule has 1 amide bonds. The van der Waals surface area contributed by atoms with Crippen LogP contribution in [-0.2, 0) is 0 Å². The first-order valence-electron chi connectivity index (χ1n) is 8.98. The van der Waals surface area contributed by atoms with E-state index in [-0.39, 0.29) is 5.69 Å². The number of nitrogens with one attached hydrogen (secondary N) is 1. The normalized spacial score (nSPS) is 11.2. The fraction of sp³-hybridized carbons (Fsp3) is 0.0909. The predicted octanol–water partition coefficient (Wildman–Crippen LogP) is 6.06. The fourth-order valence-electron chi connectivity index (χ4n) is 3.00. The molecule has 9 heteroatoms. The molecule has 0 saturated carbocycles. The van der Waals surface area contributed by atoms with Crippen LogP contribution in [0.4, 0.5) is 27.6 Å². The Morgan fingerprint density at radius 2 is 1.48 bits per heavy atom. The number of carbonyl (C=O) groups excluding carboxylic acids is 1. The third-order valence-corrected chi connectivity index (χ3v) is 4.84. The standard InChI is InChI=1S/C22H13F5N2O2/c1-9-3-4-11(7-10(9)2)22-29-13-8-12(5-6-14(13)31-22)28-21(30)15-16(23)18(25)20(27)19(26)17(15)24/h3-8H,1-2H3,(H,28,30). The lowest BCUT2D eigenvalue weighted by molar-refractivity contribution is 0.101. The van der Waals surface area contributed by atoms with Crippen LogP contribution in [0.2, 0.25) is 0 Å². The number of aryl methyl sites for hydroxylation is 2. The number of halogens is 5. The molecular weight excluding hydrogens is 419 g/mol. The van der Waals surface area contributed by atoms with Gasteiger partial charge in [-0.1, -0.05) is 6.07 Å². The first kappa shape index (κ1) is 20.5. The summed E-state index contributed by atoms with van der Waals surface area (Å²) in [5, 5.41) is 2.12. The lowest BCUT2D eigenvalue weighted by Gasteiger charge is -2.09. The van der Waals surface area contributed by atoms with Gasteiger partial charge in [0.15, 0.2) is 28.9 Å². The van der Waals surface area contributed by atoms with Gasteiger partial charge in [-0.3, -0.25) is 4.79 Å². The molecule has 0 aliphatic rings. The summed E-state index contributed by atoms with van der Waals surface area (Å²) in [6.07, 6.45) is 0. The van der Waals surface area contributed by atoms with E-state index in [1.807, 2.05) is 32.0 Å². The minimum Gasteiger partial charge on any atom is -0.436 e. The predicted molar refractivity (Wildman–Crippen MR) is 103 cm³/mol. The zero-order valence-corrected chi connectivity index (χ0v) is 16.1. The van der Waals surface area contributed by atoms with Gasteiger partial charge in [-0.05, 0) is 55.3 Å². The van der Waals surface area contributed by atoms with Crippen LogP contribution in [0, 0.1) is 42.9 Å². The zero-order valence-electron chi connectivity index (χ0n) is 16.1. The van der Waals surface area contributed by atoms with Crippen molar-refractivity contribution in [2.45, 2.75) is 13.8 Å². The molecular formula is C22H13F5N2O2. The molecule has 31 heavy (non-hydrogen) atoms. The van der Waals surface area contributed by atoms with E-state index in [0.717, 1.165) is 16.7 Å². The van der Waals surface area contributed by atoms with Crippen molar-refractivity contribution in [2.24, 2.45) is 0 Å². The first-order valence-corrected chi connectivity index (χ1v) is 8.98. The molecule has 0 fully saturated rings. The molecule has 4 rings (SSSR count). The third kappa shape index (κ3) is 3.52. The molecule has 0 saturated heterocycles. The molecule has 0 aliphatic carbocycles.